The van der Waals surface area contributed by atoms with Crippen LogP contribution in [0.5, 0.6) is 0 Å². The van der Waals surface area contributed by atoms with Gasteiger partial charge in [0, 0.05) is 37.8 Å². The summed E-state index contributed by atoms with van der Waals surface area (Å²) in [5, 5.41) is 6.83. The van der Waals surface area contributed by atoms with E-state index >= 15 is 0 Å². The lowest BCUT2D eigenvalue weighted by molar-refractivity contribution is 0.0381. The van der Waals surface area contributed by atoms with Crippen LogP contribution in [0.3, 0.4) is 0 Å². The molecule has 0 spiro atoms. The van der Waals surface area contributed by atoms with E-state index in [4.69, 9.17) is 4.74 Å². The number of nitrogens with one attached hydrogen (secondary N) is 1. The van der Waals surface area contributed by atoms with Crippen molar-refractivity contribution >= 4 is 11.3 Å². The highest BCUT2D eigenvalue weighted by Crippen LogP contribution is 2.18. The van der Waals surface area contributed by atoms with Crippen molar-refractivity contribution in [2.24, 2.45) is 0 Å². The third kappa shape index (κ3) is 4.03. The molecule has 0 amide bonds. The highest BCUT2D eigenvalue weighted by atomic mass is 32.1. The molecule has 1 aromatic heterocycles. The molecule has 1 aliphatic rings. The standard InChI is InChI=1S/C12H21N3OS/c1-2-11(12-14-4-10-17-12)13-3-5-15-6-8-16-9-7-15/h4,10-11,13H,2-3,5-9H2,1H3. The Kier molecular flexibility index (Phi) is 5.38. The lowest BCUT2D eigenvalue weighted by Crippen LogP contribution is -2.40. The van der Waals surface area contributed by atoms with E-state index in [2.05, 4.69) is 22.1 Å². The van der Waals surface area contributed by atoms with Gasteiger partial charge < -0.3 is 10.1 Å². The first kappa shape index (κ1) is 13.0. The van der Waals surface area contributed by atoms with E-state index in [9.17, 15) is 0 Å². The van der Waals surface area contributed by atoms with Gasteiger partial charge in [0.2, 0.25) is 0 Å². The summed E-state index contributed by atoms with van der Waals surface area (Å²) >= 11 is 1.73. The first-order valence-corrected chi connectivity index (χ1v) is 7.21. The van der Waals surface area contributed by atoms with Crippen LogP contribution in [0.25, 0.3) is 0 Å². The minimum atomic E-state index is 0.413. The monoisotopic (exact) mass is 255 g/mol. The first-order chi connectivity index (χ1) is 8.40. The molecule has 1 N–H and O–H groups in total. The van der Waals surface area contributed by atoms with Gasteiger partial charge in [0.15, 0.2) is 0 Å². The van der Waals surface area contributed by atoms with Crippen LogP contribution in [0, 0.1) is 0 Å². The lowest BCUT2D eigenvalue weighted by Gasteiger charge is -2.27. The number of nitrogens with zero attached hydrogens (tertiary/aromatic N) is 2. The van der Waals surface area contributed by atoms with E-state index in [0.29, 0.717) is 6.04 Å². The maximum absolute atomic E-state index is 5.34. The summed E-state index contributed by atoms with van der Waals surface area (Å²) in [5.74, 6) is 0. The summed E-state index contributed by atoms with van der Waals surface area (Å²) in [6, 6.07) is 0.413. The van der Waals surface area contributed by atoms with Crippen molar-refractivity contribution in [2.75, 3.05) is 39.4 Å². The number of thiazole rings is 1. The van der Waals surface area contributed by atoms with Crippen molar-refractivity contribution < 1.29 is 4.74 Å². The van der Waals surface area contributed by atoms with Crippen molar-refractivity contribution in [3.63, 3.8) is 0 Å². The molecule has 1 unspecified atom stereocenters. The minimum Gasteiger partial charge on any atom is -0.379 e. The number of aromatic nitrogens is 1. The molecule has 1 aliphatic heterocycles. The zero-order valence-electron chi connectivity index (χ0n) is 10.4. The number of rotatable bonds is 6. The number of morpholine rings is 1. The molecule has 0 radical (unpaired) electrons. The zero-order valence-corrected chi connectivity index (χ0v) is 11.2. The van der Waals surface area contributed by atoms with Gasteiger partial charge in [0.05, 0.1) is 19.3 Å². The normalized spacial score (nSPS) is 19.4. The van der Waals surface area contributed by atoms with Gasteiger partial charge in [-0.25, -0.2) is 4.98 Å². The Balaban J connectivity index is 1.69. The molecule has 0 aliphatic carbocycles. The molecule has 5 heteroatoms. The van der Waals surface area contributed by atoms with E-state index < -0.39 is 0 Å². The third-order valence-corrected chi connectivity index (χ3v) is 3.97. The predicted octanol–water partition coefficient (Wildman–Crippen LogP) is 1.52. The molecular weight excluding hydrogens is 234 g/mol. The van der Waals surface area contributed by atoms with Gasteiger partial charge in [-0.05, 0) is 6.42 Å². The van der Waals surface area contributed by atoms with Gasteiger partial charge in [0.25, 0.3) is 0 Å². The van der Waals surface area contributed by atoms with E-state index in [-0.39, 0.29) is 0 Å². The van der Waals surface area contributed by atoms with E-state index in [1.165, 1.54) is 5.01 Å². The van der Waals surface area contributed by atoms with Crippen LogP contribution in [0.2, 0.25) is 0 Å². The fourth-order valence-electron chi connectivity index (χ4n) is 2.03. The molecule has 4 nitrogen and oxygen atoms in total. The summed E-state index contributed by atoms with van der Waals surface area (Å²) in [4.78, 5) is 6.82. The van der Waals surface area contributed by atoms with Gasteiger partial charge in [-0.3, -0.25) is 4.90 Å². The lowest BCUT2D eigenvalue weighted by atomic mass is 10.2. The van der Waals surface area contributed by atoms with Crippen molar-refractivity contribution in [2.45, 2.75) is 19.4 Å². The van der Waals surface area contributed by atoms with Gasteiger partial charge in [0.1, 0.15) is 5.01 Å². The highest BCUT2D eigenvalue weighted by Gasteiger charge is 2.13. The van der Waals surface area contributed by atoms with Crippen molar-refractivity contribution in [1.82, 2.24) is 15.2 Å². The number of ether oxygens (including phenoxy) is 1. The quantitative estimate of drug-likeness (QED) is 0.836. The number of hydrogen-bond donors (Lipinski definition) is 1. The molecule has 96 valence electrons. The summed E-state index contributed by atoms with van der Waals surface area (Å²) in [5.41, 5.74) is 0. The van der Waals surface area contributed by atoms with Crippen LogP contribution >= 0.6 is 11.3 Å². The van der Waals surface area contributed by atoms with Crippen molar-refractivity contribution in [3.05, 3.63) is 16.6 Å². The molecular formula is C12H21N3OS. The number of hydrogen-bond acceptors (Lipinski definition) is 5. The third-order valence-electron chi connectivity index (χ3n) is 3.08. The molecule has 0 saturated carbocycles. The van der Waals surface area contributed by atoms with Gasteiger partial charge in [-0.1, -0.05) is 6.92 Å². The highest BCUT2D eigenvalue weighted by molar-refractivity contribution is 7.09. The van der Waals surface area contributed by atoms with E-state index in [0.717, 1.165) is 45.8 Å². The second kappa shape index (κ2) is 7.06. The van der Waals surface area contributed by atoms with Crippen LogP contribution in [0.15, 0.2) is 11.6 Å². The smallest absolute Gasteiger partial charge is 0.109 e. The van der Waals surface area contributed by atoms with Crippen LogP contribution in [0.4, 0.5) is 0 Å². The van der Waals surface area contributed by atoms with Crippen LogP contribution < -0.4 is 5.32 Å². The van der Waals surface area contributed by atoms with Crippen LogP contribution in [-0.2, 0) is 4.74 Å². The zero-order chi connectivity index (χ0) is 11.9. The Bertz CT molecular complexity index is 299. The Morgan fingerprint density at radius 1 is 1.53 bits per heavy atom. The Labute approximate surface area is 107 Å². The van der Waals surface area contributed by atoms with E-state index in [1.807, 2.05) is 11.6 Å². The molecule has 1 saturated heterocycles. The van der Waals surface area contributed by atoms with Crippen LogP contribution in [0.1, 0.15) is 24.4 Å². The van der Waals surface area contributed by atoms with Gasteiger partial charge in [-0.2, -0.15) is 0 Å². The van der Waals surface area contributed by atoms with Crippen molar-refractivity contribution in [1.29, 1.82) is 0 Å². The minimum absolute atomic E-state index is 0.413. The van der Waals surface area contributed by atoms with Gasteiger partial charge >= 0.3 is 0 Å². The van der Waals surface area contributed by atoms with Gasteiger partial charge in [-0.15, -0.1) is 11.3 Å². The second-order valence-electron chi connectivity index (χ2n) is 4.24. The topological polar surface area (TPSA) is 37.4 Å². The van der Waals surface area contributed by atoms with E-state index in [1.54, 1.807) is 11.3 Å². The average Bonchev–Trinajstić information content (AvgIpc) is 2.90. The molecule has 2 heterocycles. The fraction of sp³-hybridized carbons (Fsp3) is 0.750. The fourth-order valence-corrected chi connectivity index (χ4v) is 2.83. The summed E-state index contributed by atoms with van der Waals surface area (Å²) in [6.07, 6.45) is 2.98. The summed E-state index contributed by atoms with van der Waals surface area (Å²) in [6.45, 7) is 8.22. The molecule has 0 bridgehead atoms. The summed E-state index contributed by atoms with van der Waals surface area (Å²) < 4.78 is 5.34. The molecule has 17 heavy (non-hydrogen) atoms. The largest absolute Gasteiger partial charge is 0.379 e. The van der Waals surface area contributed by atoms with Crippen LogP contribution in [-0.4, -0.2) is 49.3 Å². The predicted molar refractivity (Wildman–Crippen MR) is 70.4 cm³/mol. The summed E-state index contributed by atoms with van der Waals surface area (Å²) in [7, 11) is 0. The van der Waals surface area contributed by atoms with Crippen molar-refractivity contribution in [3.8, 4) is 0 Å². The molecule has 1 fully saturated rings. The molecule has 1 aromatic rings. The maximum atomic E-state index is 5.34. The molecule has 0 aromatic carbocycles. The average molecular weight is 255 g/mol. The Morgan fingerprint density at radius 3 is 3.00 bits per heavy atom. The molecule has 2 rings (SSSR count). The Morgan fingerprint density at radius 2 is 2.35 bits per heavy atom. The first-order valence-electron chi connectivity index (χ1n) is 6.33. The second-order valence-corrected chi connectivity index (χ2v) is 5.17. The Hall–Kier alpha value is -0.490. The molecule has 1 atom stereocenters. The SMILES string of the molecule is CCC(NCCN1CCOCC1)c1nccs1. The maximum Gasteiger partial charge on any atom is 0.109 e.